The maximum absolute atomic E-state index is 6.23. The number of hydrogen-bond acceptors (Lipinski definition) is 4. The molecule has 0 saturated heterocycles. The quantitative estimate of drug-likeness (QED) is 0.596. The van der Waals surface area contributed by atoms with Crippen molar-refractivity contribution in [3.05, 3.63) is 58.9 Å². The summed E-state index contributed by atoms with van der Waals surface area (Å²) in [6.45, 7) is 4.05. The van der Waals surface area contributed by atoms with E-state index in [1.165, 1.54) is 0 Å². The minimum atomic E-state index is 0.672. The van der Waals surface area contributed by atoms with E-state index >= 15 is 0 Å². The van der Waals surface area contributed by atoms with E-state index in [4.69, 9.17) is 16.6 Å². The molecule has 2 aromatic heterocycles. The van der Waals surface area contributed by atoms with Crippen LogP contribution in [0.25, 0.3) is 16.7 Å². The lowest BCUT2D eigenvalue weighted by molar-refractivity contribution is 0.922. The Morgan fingerprint density at radius 1 is 1.08 bits per heavy atom. The second-order valence-electron chi connectivity index (χ2n) is 5.62. The van der Waals surface area contributed by atoms with Crippen LogP contribution >= 0.6 is 11.6 Å². The molecule has 4 rings (SSSR count). The number of rotatable bonds is 3. The van der Waals surface area contributed by atoms with E-state index in [0.29, 0.717) is 16.5 Å². The van der Waals surface area contributed by atoms with Crippen LogP contribution in [0.2, 0.25) is 5.02 Å². The maximum Gasteiger partial charge on any atom is 0.204 e. The molecule has 0 unspecified atom stereocenters. The number of halogens is 1. The molecule has 0 spiro atoms. The van der Waals surface area contributed by atoms with E-state index < -0.39 is 0 Å². The van der Waals surface area contributed by atoms with Crippen molar-refractivity contribution in [3.63, 3.8) is 0 Å². The van der Waals surface area contributed by atoms with Crippen molar-refractivity contribution in [3.8, 4) is 0 Å². The van der Waals surface area contributed by atoms with Crippen LogP contribution in [0.3, 0.4) is 0 Å². The molecule has 0 bridgehead atoms. The van der Waals surface area contributed by atoms with Gasteiger partial charge >= 0.3 is 0 Å². The highest BCUT2D eigenvalue weighted by molar-refractivity contribution is 6.31. The maximum atomic E-state index is 6.23. The summed E-state index contributed by atoms with van der Waals surface area (Å²) in [7, 11) is 0. The van der Waals surface area contributed by atoms with Gasteiger partial charge < -0.3 is 5.32 Å². The number of nitrogens with one attached hydrogen (secondary N) is 1. The van der Waals surface area contributed by atoms with Crippen LogP contribution in [-0.2, 0) is 6.42 Å². The summed E-state index contributed by atoms with van der Waals surface area (Å²) in [5.74, 6) is 1.58. The molecule has 0 fully saturated rings. The molecular weight excluding hydrogens is 322 g/mol. The Bertz CT molecular complexity index is 1050. The Morgan fingerprint density at radius 2 is 1.92 bits per heavy atom. The summed E-state index contributed by atoms with van der Waals surface area (Å²) in [5.41, 5.74) is 4.49. The molecule has 0 saturated carbocycles. The molecule has 0 atom stereocenters. The second-order valence-corrected chi connectivity index (χ2v) is 6.02. The van der Waals surface area contributed by atoms with Gasteiger partial charge in [0.1, 0.15) is 5.82 Å². The topological polar surface area (TPSA) is 55.1 Å². The van der Waals surface area contributed by atoms with Crippen LogP contribution < -0.4 is 5.32 Å². The Balaban J connectivity index is 1.97. The first-order valence-corrected chi connectivity index (χ1v) is 8.21. The first kappa shape index (κ1) is 14.9. The number of fused-ring (bicyclic) bond motifs is 3. The molecule has 0 amide bonds. The molecule has 5 nitrogen and oxygen atoms in total. The molecule has 0 radical (unpaired) electrons. The lowest BCUT2D eigenvalue weighted by Crippen LogP contribution is -2.03. The summed E-state index contributed by atoms with van der Waals surface area (Å²) < 4.78 is 2.06. The van der Waals surface area contributed by atoms with Gasteiger partial charge in [0.2, 0.25) is 5.65 Å². The predicted octanol–water partition coefficient (Wildman–Crippen LogP) is 4.55. The molecule has 0 aliphatic heterocycles. The van der Waals surface area contributed by atoms with E-state index in [-0.39, 0.29) is 0 Å². The van der Waals surface area contributed by atoms with Crippen molar-refractivity contribution in [2.75, 3.05) is 5.32 Å². The summed E-state index contributed by atoms with van der Waals surface area (Å²) in [6, 6.07) is 13.8. The van der Waals surface area contributed by atoms with Crippen LogP contribution in [0.4, 0.5) is 11.5 Å². The lowest BCUT2D eigenvalue weighted by atomic mass is 10.2. The Kier molecular flexibility index (Phi) is 3.58. The van der Waals surface area contributed by atoms with E-state index in [1.807, 2.05) is 49.4 Å². The van der Waals surface area contributed by atoms with Crippen molar-refractivity contribution in [2.45, 2.75) is 20.3 Å². The molecule has 2 aromatic carbocycles. The average Bonchev–Trinajstić information content (AvgIpc) is 3.04. The smallest absolute Gasteiger partial charge is 0.204 e. The zero-order valence-electron chi connectivity index (χ0n) is 13.4. The highest BCUT2D eigenvalue weighted by Crippen LogP contribution is 2.28. The summed E-state index contributed by atoms with van der Waals surface area (Å²) in [4.78, 5) is 4.74. The SMILES string of the molecule is CCc1nnc2c(Nc3cccc(Cl)c3C)nc3ccccc3n12. The molecule has 24 heavy (non-hydrogen) atoms. The molecule has 0 aliphatic carbocycles. The predicted molar refractivity (Wildman–Crippen MR) is 97.1 cm³/mol. The molecule has 2 heterocycles. The van der Waals surface area contributed by atoms with Gasteiger partial charge in [-0.25, -0.2) is 4.98 Å². The Hall–Kier alpha value is -2.66. The number of aryl methyl sites for hydroxylation is 1. The lowest BCUT2D eigenvalue weighted by Gasteiger charge is -2.12. The van der Waals surface area contributed by atoms with Crippen molar-refractivity contribution in [1.29, 1.82) is 0 Å². The third kappa shape index (κ3) is 2.29. The summed E-state index contributed by atoms with van der Waals surface area (Å²) in [6.07, 6.45) is 0.796. The molecule has 4 aromatic rings. The van der Waals surface area contributed by atoms with Crippen LogP contribution in [0.5, 0.6) is 0 Å². The number of aromatic nitrogens is 4. The minimum absolute atomic E-state index is 0.672. The van der Waals surface area contributed by atoms with Crippen LogP contribution in [0, 0.1) is 6.92 Å². The normalized spacial score (nSPS) is 11.3. The summed E-state index contributed by atoms with van der Waals surface area (Å²) >= 11 is 6.23. The first-order valence-electron chi connectivity index (χ1n) is 7.84. The Labute approximate surface area is 144 Å². The number of para-hydroxylation sites is 2. The van der Waals surface area contributed by atoms with E-state index in [9.17, 15) is 0 Å². The van der Waals surface area contributed by atoms with Gasteiger partial charge in [0.15, 0.2) is 5.82 Å². The standard InChI is InChI=1S/C18H16ClN5/c1-3-16-22-23-18-17(20-13-9-6-7-12(19)11(13)2)21-14-8-4-5-10-15(14)24(16)18/h4-10H,3H2,1-2H3,(H,20,21). The molecule has 6 heteroatoms. The summed E-state index contributed by atoms with van der Waals surface area (Å²) in [5, 5.41) is 12.7. The van der Waals surface area contributed by atoms with Gasteiger partial charge in [-0.15, -0.1) is 10.2 Å². The van der Waals surface area contributed by atoms with Gasteiger partial charge in [-0.2, -0.15) is 0 Å². The number of anilines is 2. The fourth-order valence-electron chi connectivity index (χ4n) is 2.82. The zero-order chi connectivity index (χ0) is 16.7. The van der Waals surface area contributed by atoms with Crippen LogP contribution in [0.15, 0.2) is 42.5 Å². The average molecular weight is 338 g/mol. The van der Waals surface area contributed by atoms with Gasteiger partial charge in [-0.3, -0.25) is 4.40 Å². The Morgan fingerprint density at radius 3 is 2.75 bits per heavy atom. The highest BCUT2D eigenvalue weighted by atomic mass is 35.5. The van der Waals surface area contributed by atoms with E-state index in [0.717, 1.165) is 34.5 Å². The molecule has 0 aliphatic rings. The second kappa shape index (κ2) is 5.76. The molecular formula is C18H16ClN5. The van der Waals surface area contributed by atoms with E-state index in [2.05, 4.69) is 26.8 Å². The van der Waals surface area contributed by atoms with Gasteiger partial charge in [-0.1, -0.05) is 36.7 Å². The van der Waals surface area contributed by atoms with Crippen molar-refractivity contribution in [1.82, 2.24) is 19.6 Å². The van der Waals surface area contributed by atoms with Gasteiger partial charge in [0, 0.05) is 17.1 Å². The third-order valence-corrected chi connectivity index (χ3v) is 4.54. The van der Waals surface area contributed by atoms with Gasteiger partial charge in [0.25, 0.3) is 0 Å². The number of benzene rings is 2. The number of hydrogen-bond donors (Lipinski definition) is 1. The first-order chi connectivity index (χ1) is 11.7. The van der Waals surface area contributed by atoms with Crippen molar-refractivity contribution >= 4 is 39.8 Å². The van der Waals surface area contributed by atoms with Crippen LogP contribution in [0.1, 0.15) is 18.3 Å². The van der Waals surface area contributed by atoms with Gasteiger partial charge in [0.05, 0.1) is 11.0 Å². The molecule has 120 valence electrons. The highest BCUT2D eigenvalue weighted by Gasteiger charge is 2.15. The van der Waals surface area contributed by atoms with Crippen LogP contribution in [-0.4, -0.2) is 19.6 Å². The fraction of sp³-hybridized carbons (Fsp3) is 0.167. The third-order valence-electron chi connectivity index (χ3n) is 4.13. The minimum Gasteiger partial charge on any atom is -0.337 e. The fourth-order valence-corrected chi connectivity index (χ4v) is 3.00. The largest absolute Gasteiger partial charge is 0.337 e. The monoisotopic (exact) mass is 337 g/mol. The van der Waals surface area contributed by atoms with E-state index in [1.54, 1.807) is 0 Å². The zero-order valence-corrected chi connectivity index (χ0v) is 14.2. The van der Waals surface area contributed by atoms with Gasteiger partial charge in [-0.05, 0) is 36.8 Å². The van der Waals surface area contributed by atoms with Crippen molar-refractivity contribution in [2.24, 2.45) is 0 Å². The van der Waals surface area contributed by atoms with Crippen molar-refractivity contribution < 1.29 is 0 Å². The number of nitrogens with zero attached hydrogens (tertiary/aromatic N) is 4. The molecule has 1 N–H and O–H groups in total.